The summed E-state index contributed by atoms with van der Waals surface area (Å²) in [6.07, 6.45) is 1.83. The molecule has 0 radical (unpaired) electrons. The van der Waals surface area contributed by atoms with Crippen molar-refractivity contribution >= 4 is 50.1 Å². The van der Waals surface area contributed by atoms with E-state index >= 15 is 0 Å². The van der Waals surface area contributed by atoms with E-state index in [1.54, 1.807) is 0 Å². The van der Waals surface area contributed by atoms with Crippen molar-refractivity contribution in [2.75, 3.05) is 36.0 Å². The zero-order valence-corrected chi connectivity index (χ0v) is 20.7. The molecule has 1 saturated heterocycles. The Hall–Kier alpha value is -3.78. The minimum Gasteiger partial charge on any atom is -0.353 e. The van der Waals surface area contributed by atoms with E-state index in [4.69, 9.17) is 9.82 Å². The fourth-order valence-corrected chi connectivity index (χ4v) is 5.25. The van der Waals surface area contributed by atoms with Crippen LogP contribution in [0, 0.1) is 0 Å². The number of piperazine rings is 1. The average molecular weight is 528 g/mol. The largest absolute Gasteiger partial charge is 0.353 e. The number of nitrogens with zero attached hydrogens (tertiary/aromatic N) is 5. The molecule has 2 aromatic heterocycles. The zero-order valence-electron chi connectivity index (χ0n) is 19.1. The maximum absolute atomic E-state index is 11.7. The molecule has 1 fully saturated rings. The van der Waals surface area contributed by atoms with E-state index in [2.05, 4.69) is 48.0 Å². The number of oxime groups is 1. The molecule has 2 aromatic carbocycles. The van der Waals surface area contributed by atoms with Gasteiger partial charge in [-0.2, -0.15) is 0 Å². The summed E-state index contributed by atoms with van der Waals surface area (Å²) in [5.74, 6) is 1.39. The Bertz CT molecular complexity index is 1480. The van der Waals surface area contributed by atoms with E-state index in [1.165, 1.54) is 6.92 Å². The van der Waals surface area contributed by atoms with E-state index in [9.17, 15) is 4.79 Å². The number of anilines is 2. The van der Waals surface area contributed by atoms with Crippen molar-refractivity contribution in [3.8, 4) is 11.1 Å². The summed E-state index contributed by atoms with van der Waals surface area (Å²) in [5.41, 5.74) is 5.53. The first-order chi connectivity index (χ1) is 17.1. The van der Waals surface area contributed by atoms with Gasteiger partial charge >= 0.3 is 5.97 Å². The molecule has 3 heterocycles. The van der Waals surface area contributed by atoms with Gasteiger partial charge in [-0.1, -0.05) is 51.4 Å². The molecule has 7 nitrogen and oxygen atoms in total. The molecule has 35 heavy (non-hydrogen) atoms. The van der Waals surface area contributed by atoms with Crippen LogP contribution in [0.1, 0.15) is 18.1 Å². The molecular weight excluding hydrogens is 506 g/mol. The third-order valence-corrected chi connectivity index (χ3v) is 6.93. The normalized spacial score (nSPS) is 15.9. The standard InChI is InChI=1S/C27H22BrN5O2/c1-17(34)35-31-26-20-7-3-2-6-19(20)24-21-16-18(28)9-10-22(21)30-27(25(24)26)33-14-12-32(13-15-33)23-8-4-5-11-29-23/h2-11,16H,12-15H2,1H3/b31-26+. The number of fused-ring (bicyclic) bond motifs is 5. The Morgan fingerprint density at radius 1 is 0.943 bits per heavy atom. The molecule has 0 amide bonds. The van der Waals surface area contributed by atoms with Gasteiger partial charge in [0.15, 0.2) is 0 Å². The second kappa shape index (κ2) is 8.78. The second-order valence-corrected chi connectivity index (χ2v) is 9.49. The van der Waals surface area contributed by atoms with Gasteiger partial charge in [-0.05, 0) is 35.9 Å². The van der Waals surface area contributed by atoms with E-state index in [1.807, 2.05) is 54.7 Å². The molecule has 0 bridgehead atoms. The number of carbonyl (C=O) groups excluding carboxylic acids is 1. The van der Waals surface area contributed by atoms with Crippen LogP contribution in [0.2, 0.25) is 0 Å². The monoisotopic (exact) mass is 527 g/mol. The summed E-state index contributed by atoms with van der Waals surface area (Å²) < 4.78 is 0.980. The number of rotatable bonds is 3. The SMILES string of the molecule is CC(=O)O/N=C1\c2ccccc2-c2c1c(N1CCN(c3ccccn3)CC1)nc1ccc(Br)cc21. The number of benzene rings is 2. The highest BCUT2D eigenvalue weighted by Gasteiger charge is 2.34. The Balaban J connectivity index is 1.50. The van der Waals surface area contributed by atoms with Crippen molar-refractivity contribution in [2.24, 2.45) is 5.16 Å². The first kappa shape index (κ1) is 21.7. The zero-order chi connectivity index (χ0) is 23.9. The fraction of sp³-hybridized carbons (Fsp3) is 0.185. The minimum atomic E-state index is -0.453. The predicted molar refractivity (Wildman–Crippen MR) is 141 cm³/mol. The first-order valence-corrected chi connectivity index (χ1v) is 12.3. The maximum Gasteiger partial charge on any atom is 0.332 e. The van der Waals surface area contributed by atoms with Crippen molar-refractivity contribution < 1.29 is 9.63 Å². The molecule has 2 aliphatic rings. The highest BCUT2D eigenvalue weighted by molar-refractivity contribution is 9.10. The first-order valence-electron chi connectivity index (χ1n) is 11.5. The molecule has 1 aliphatic carbocycles. The lowest BCUT2D eigenvalue weighted by Gasteiger charge is -2.37. The number of pyridine rings is 2. The minimum absolute atomic E-state index is 0.453. The van der Waals surface area contributed by atoms with E-state index in [-0.39, 0.29) is 0 Å². The maximum atomic E-state index is 11.7. The smallest absolute Gasteiger partial charge is 0.332 e. The van der Waals surface area contributed by atoms with Crippen molar-refractivity contribution in [3.05, 3.63) is 82.5 Å². The van der Waals surface area contributed by atoms with Crippen LogP contribution in [-0.2, 0) is 9.63 Å². The molecule has 0 atom stereocenters. The molecule has 0 saturated carbocycles. The molecule has 4 aromatic rings. The number of carbonyl (C=O) groups is 1. The van der Waals surface area contributed by atoms with Crippen molar-refractivity contribution in [2.45, 2.75) is 6.92 Å². The summed E-state index contributed by atoms with van der Waals surface area (Å²) >= 11 is 3.62. The highest BCUT2D eigenvalue weighted by Crippen LogP contribution is 2.45. The summed E-state index contributed by atoms with van der Waals surface area (Å²) in [5, 5.41) is 5.35. The Morgan fingerprint density at radius 3 is 2.43 bits per heavy atom. The van der Waals surface area contributed by atoms with Crippen molar-refractivity contribution in [3.63, 3.8) is 0 Å². The summed E-state index contributed by atoms with van der Waals surface area (Å²) in [6, 6.07) is 20.2. The predicted octanol–water partition coefficient (Wildman–Crippen LogP) is 5.01. The van der Waals surface area contributed by atoms with E-state index < -0.39 is 5.97 Å². The van der Waals surface area contributed by atoms with Gasteiger partial charge in [0.2, 0.25) is 0 Å². The van der Waals surface area contributed by atoms with Gasteiger partial charge in [-0.25, -0.2) is 14.8 Å². The van der Waals surface area contributed by atoms with Crippen LogP contribution in [0.3, 0.4) is 0 Å². The Kier molecular flexibility index (Phi) is 5.45. The van der Waals surface area contributed by atoms with Crippen LogP contribution < -0.4 is 9.80 Å². The van der Waals surface area contributed by atoms with Crippen LogP contribution >= 0.6 is 15.9 Å². The van der Waals surface area contributed by atoms with Crippen LogP contribution in [0.5, 0.6) is 0 Å². The molecule has 8 heteroatoms. The second-order valence-electron chi connectivity index (χ2n) is 8.58. The van der Waals surface area contributed by atoms with Gasteiger partial charge in [0.1, 0.15) is 17.3 Å². The van der Waals surface area contributed by atoms with E-state index in [0.717, 1.165) is 75.4 Å². The Labute approximate surface area is 211 Å². The quantitative estimate of drug-likeness (QED) is 0.242. The lowest BCUT2D eigenvalue weighted by molar-refractivity contribution is -0.140. The number of hydrogen-bond donors (Lipinski definition) is 0. The molecular formula is C27H22BrN5O2. The summed E-state index contributed by atoms with van der Waals surface area (Å²) in [6.45, 7) is 4.59. The Morgan fingerprint density at radius 2 is 1.69 bits per heavy atom. The molecule has 0 spiro atoms. The fourth-order valence-electron chi connectivity index (χ4n) is 4.89. The van der Waals surface area contributed by atoms with Crippen LogP contribution in [0.15, 0.2) is 76.5 Å². The third kappa shape index (κ3) is 3.83. The van der Waals surface area contributed by atoms with Gasteiger partial charge < -0.3 is 14.6 Å². The third-order valence-electron chi connectivity index (χ3n) is 6.43. The van der Waals surface area contributed by atoms with Gasteiger partial charge in [-0.15, -0.1) is 0 Å². The molecule has 0 N–H and O–H groups in total. The lowest BCUT2D eigenvalue weighted by Crippen LogP contribution is -2.47. The molecule has 1 aliphatic heterocycles. The van der Waals surface area contributed by atoms with Gasteiger partial charge in [0, 0.05) is 60.3 Å². The number of aromatic nitrogens is 2. The van der Waals surface area contributed by atoms with Crippen molar-refractivity contribution in [1.29, 1.82) is 0 Å². The van der Waals surface area contributed by atoms with Crippen LogP contribution in [0.25, 0.3) is 22.0 Å². The lowest BCUT2D eigenvalue weighted by atomic mass is 10.0. The van der Waals surface area contributed by atoms with E-state index in [0.29, 0.717) is 5.71 Å². The van der Waals surface area contributed by atoms with Gasteiger partial charge in [0.05, 0.1) is 11.1 Å². The summed E-state index contributed by atoms with van der Waals surface area (Å²) in [7, 11) is 0. The molecule has 174 valence electrons. The average Bonchev–Trinajstić information content (AvgIpc) is 3.22. The number of halogens is 1. The molecule has 0 unspecified atom stereocenters. The topological polar surface area (TPSA) is 70.9 Å². The molecule has 6 rings (SSSR count). The number of hydrogen-bond acceptors (Lipinski definition) is 7. The van der Waals surface area contributed by atoms with Crippen molar-refractivity contribution in [1.82, 2.24) is 9.97 Å². The highest BCUT2D eigenvalue weighted by atomic mass is 79.9. The summed E-state index contributed by atoms with van der Waals surface area (Å²) in [4.78, 5) is 31.1. The van der Waals surface area contributed by atoms with Crippen LogP contribution in [-0.4, -0.2) is 47.8 Å². The van der Waals surface area contributed by atoms with Crippen LogP contribution in [0.4, 0.5) is 11.6 Å². The van der Waals surface area contributed by atoms with Gasteiger partial charge in [0.25, 0.3) is 0 Å². The van der Waals surface area contributed by atoms with Gasteiger partial charge in [-0.3, -0.25) is 0 Å².